The third-order valence-electron chi connectivity index (χ3n) is 4.17. The summed E-state index contributed by atoms with van der Waals surface area (Å²) >= 11 is 1.71. The van der Waals surface area contributed by atoms with Crippen LogP contribution in [0.2, 0.25) is 0 Å². The molecule has 4 nitrogen and oxygen atoms in total. The van der Waals surface area contributed by atoms with Crippen molar-refractivity contribution in [3.63, 3.8) is 0 Å². The van der Waals surface area contributed by atoms with Crippen LogP contribution in [-0.4, -0.2) is 12.1 Å². The first-order valence-electron chi connectivity index (χ1n) is 8.84. The number of furan rings is 1. The molecule has 0 aliphatic carbocycles. The minimum absolute atomic E-state index is 0.239. The van der Waals surface area contributed by atoms with Crippen LogP contribution in [0.3, 0.4) is 0 Å². The number of rotatable bonds is 5. The number of aryl methyl sites for hydroxylation is 1. The quantitative estimate of drug-likeness (QED) is 0.356. The summed E-state index contributed by atoms with van der Waals surface area (Å²) in [6, 6.07) is 25.6. The third kappa shape index (κ3) is 4.32. The fraction of sp³-hybridized carbons (Fsp3) is 0.0435. The minimum atomic E-state index is -0.376. The number of para-hydroxylation sites is 1. The number of hydrogen-bond donors (Lipinski definition) is 1. The summed E-state index contributed by atoms with van der Waals surface area (Å²) in [5.41, 5.74) is 5.33. The van der Waals surface area contributed by atoms with E-state index in [0.29, 0.717) is 5.58 Å². The zero-order valence-corrected chi connectivity index (χ0v) is 16.1. The molecule has 1 heterocycles. The molecule has 5 heteroatoms. The molecule has 0 atom stereocenters. The lowest BCUT2D eigenvalue weighted by molar-refractivity contribution is 0.0929. The normalized spacial score (nSPS) is 11.2. The Morgan fingerprint density at radius 2 is 1.64 bits per heavy atom. The van der Waals surface area contributed by atoms with Crippen molar-refractivity contribution in [2.45, 2.75) is 16.7 Å². The Labute approximate surface area is 167 Å². The van der Waals surface area contributed by atoms with Crippen LogP contribution < -0.4 is 5.43 Å². The van der Waals surface area contributed by atoms with Gasteiger partial charge in [-0.05, 0) is 48.9 Å². The van der Waals surface area contributed by atoms with Gasteiger partial charge in [0.25, 0.3) is 0 Å². The van der Waals surface area contributed by atoms with Crippen LogP contribution >= 0.6 is 11.8 Å². The molecule has 4 aromatic rings. The molecule has 28 heavy (non-hydrogen) atoms. The molecular weight excluding hydrogens is 368 g/mol. The van der Waals surface area contributed by atoms with Crippen LogP contribution in [0, 0.1) is 6.92 Å². The molecule has 0 aliphatic rings. The van der Waals surface area contributed by atoms with Crippen molar-refractivity contribution in [3.8, 4) is 0 Å². The Hall–Kier alpha value is -3.31. The van der Waals surface area contributed by atoms with Crippen molar-refractivity contribution in [2.75, 3.05) is 0 Å². The Morgan fingerprint density at radius 1 is 0.964 bits per heavy atom. The predicted octanol–water partition coefficient (Wildman–Crippen LogP) is 5.66. The molecule has 0 saturated heterocycles. The average Bonchev–Trinajstić information content (AvgIpc) is 3.15. The first-order chi connectivity index (χ1) is 13.7. The van der Waals surface area contributed by atoms with Gasteiger partial charge in [-0.25, -0.2) is 5.43 Å². The van der Waals surface area contributed by atoms with E-state index in [1.807, 2.05) is 48.5 Å². The highest BCUT2D eigenvalue weighted by Gasteiger charge is 2.10. The van der Waals surface area contributed by atoms with Gasteiger partial charge in [0.1, 0.15) is 5.58 Å². The van der Waals surface area contributed by atoms with Gasteiger partial charge in [-0.15, -0.1) is 0 Å². The lowest BCUT2D eigenvalue weighted by Crippen LogP contribution is -2.16. The van der Waals surface area contributed by atoms with Crippen molar-refractivity contribution in [1.82, 2.24) is 5.43 Å². The summed E-state index contributed by atoms with van der Waals surface area (Å²) in [6.45, 7) is 2.08. The second kappa shape index (κ2) is 8.15. The fourth-order valence-corrected chi connectivity index (χ4v) is 3.50. The monoisotopic (exact) mass is 386 g/mol. The number of nitrogens with zero attached hydrogens (tertiary/aromatic N) is 1. The molecule has 0 spiro atoms. The second-order valence-electron chi connectivity index (χ2n) is 6.33. The Balaban J connectivity index is 1.36. The first-order valence-corrected chi connectivity index (χ1v) is 9.66. The number of hydrogen-bond acceptors (Lipinski definition) is 4. The zero-order valence-electron chi connectivity index (χ0n) is 15.3. The van der Waals surface area contributed by atoms with Crippen LogP contribution in [0.25, 0.3) is 11.0 Å². The zero-order chi connectivity index (χ0) is 19.3. The van der Waals surface area contributed by atoms with Gasteiger partial charge in [-0.1, -0.05) is 59.8 Å². The molecule has 0 fully saturated rings. The van der Waals surface area contributed by atoms with E-state index in [9.17, 15) is 4.79 Å². The van der Waals surface area contributed by atoms with Crippen molar-refractivity contribution >= 4 is 34.9 Å². The SMILES string of the molecule is Cc1ccc(Sc2ccc(/C=N/NC(=O)c3cc4ccccc4o3)cc2)cc1. The van der Waals surface area contributed by atoms with Crippen LogP contribution in [0.5, 0.6) is 0 Å². The molecule has 1 amide bonds. The van der Waals surface area contributed by atoms with E-state index in [1.54, 1.807) is 24.0 Å². The smallest absolute Gasteiger partial charge is 0.307 e. The van der Waals surface area contributed by atoms with E-state index in [1.165, 1.54) is 10.5 Å². The van der Waals surface area contributed by atoms with Gasteiger partial charge in [0, 0.05) is 15.2 Å². The average molecular weight is 386 g/mol. The molecule has 4 rings (SSSR count). The van der Waals surface area contributed by atoms with Gasteiger partial charge < -0.3 is 4.42 Å². The predicted molar refractivity (Wildman–Crippen MR) is 113 cm³/mol. The topological polar surface area (TPSA) is 54.6 Å². The highest BCUT2D eigenvalue weighted by Crippen LogP contribution is 2.27. The molecule has 0 bridgehead atoms. The van der Waals surface area contributed by atoms with Gasteiger partial charge in [0.15, 0.2) is 5.76 Å². The standard InChI is InChI=1S/C23H18N2O2S/c1-16-6-10-19(11-7-16)28-20-12-8-17(9-13-20)15-24-25-23(26)22-14-18-4-2-3-5-21(18)27-22/h2-15H,1H3,(H,25,26)/b24-15+. The number of carbonyl (C=O) groups excluding carboxylic acids is 1. The second-order valence-corrected chi connectivity index (χ2v) is 7.48. The summed E-state index contributed by atoms with van der Waals surface area (Å²) in [5.74, 6) is -0.137. The molecular formula is C23H18N2O2S. The Morgan fingerprint density at radius 3 is 2.36 bits per heavy atom. The van der Waals surface area contributed by atoms with E-state index in [0.717, 1.165) is 15.8 Å². The molecule has 3 aromatic carbocycles. The summed E-state index contributed by atoms with van der Waals surface area (Å²) in [5, 5.41) is 4.91. The number of fused-ring (bicyclic) bond motifs is 1. The number of amides is 1. The molecule has 138 valence electrons. The fourth-order valence-electron chi connectivity index (χ4n) is 2.68. The number of hydrazone groups is 1. The largest absolute Gasteiger partial charge is 0.451 e. The van der Waals surface area contributed by atoms with Crippen molar-refractivity contribution in [2.24, 2.45) is 5.10 Å². The minimum Gasteiger partial charge on any atom is -0.451 e. The molecule has 0 saturated carbocycles. The lowest BCUT2D eigenvalue weighted by atomic mass is 10.2. The van der Waals surface area contributed by atoms with E-state index in [2.05, 4.69) is 41.7 Å². The van der Waals surface area contributed by atoms with E-state index < -0.39 is 0 Å². The number of benzene rings is 3. The molecule has 1 N–H and O–H groups in total. The summed E-state index contributed by atoms with van der Waals surface area (Å²) < 4.78 is 5.52. The highest BCUT2D eigenvalue weighted by atomic mass is 32.2. The lowest BCUT2D eigenvalue weighted by Gasteiger charge is -2.02. The maximum Gasteiger partial charge on any atom is 0.307 e. The van der Waals surface area contributed by atoms with Crippen LogP contribution in [-0.2, 0) is 0 Å². The van der Waals surface area contributed by atoms with Crippen molar-refractivity contribution < 1.29 is 9.21 Å². The van der Waals surface area contributed by atoms with Crippen LogP contribution in [0.1, 0.15) is 21.7 Å². The van der Waals surface area contributed by atoms with Gasteiger partial charge >= 0.3 is 5.91 Å². The van der Waals surface area contributed by atoms with E-state index in [-0.39, 0.29) is 11.7 Å². The third-order valence-corrected chi connectivity index (χ3v) is 5.18. The molecule has 0 radical (unpaired) electrons. The molecule has 1 aromatic heterocycles. The van der Waals surface area contributed by atoms with Gasteiger partial charge in [-0.3, -0.25) is 4.79 Å². The van der Waals surface area contributed by atoms with Crippen molar-refractivity contribution in [1.29, 1.82) is 0 Å². The first kappa shape index (κ1) is 18.1. The summed E-state index contributed by atoms with van der Waals surface area (Å²) in [4.78, 5) is 14.5. The maximum atomic E-state index is 12.2. The summed E-state index contributed by atoms with van der Waals surface area (Å²) in [6.07, 6.45) is 1.61. The van der Waals surface area contributed by atoms with Gasteiger partial charge in [0.2, 0.25) is 0 Å². The Kier molecular flexibility index (Phi) is 5.26. The number of carbonyl (C=O) groups is 1. The number of nitrogens with one attached hydrogen (secondary N) is 1. The van der Waals surface area contributed by atoms with E-state index in [4.69, 9.17) is 4.42 Å². The Bertz CT molecular complexity index is 1100. The van der Waals surface area contributed by atoms with Crippen molar-refractivity contribution in [3.05, 3.63) is 95.7 Å². The van der Waals surface area contributed by atoms with Crippen LogP contribution in [0.4, 0.5) is 0 Å². The van der Waals surface area contributed by atoms with Crippen LogP contribution in [0.15, 0.2) is 98.2 Å². The maximum absolute atomic E-state index is 12.2. The highest BCUT2D eigenvalue weighted by molar-refractivity contribution is 7.99. The molecule has 0 unspecified atom stereocenters. The van der Waals surface area contributed by atoms with Gasteiger partial charge in [0.05, 0.1) is 6.21 Å². The summed E-state index contributed by atoms with van der Waals surface area (Å²) in [7, 11) is 0. The molecule has 0 aliphatic heterocycles. The van der Waals surface area contributed by atoms with Gasteiger partial charge in [-0.2, -0.15) is 5.10 Å². The van der Waals surface area contributed by atoms with E-state index >= 15 is 0 Å².